The first-order valence-corrected chi connectivity index (χ1v) is 12.6. The monoisotopic (exact) mass is 508 g/mol. The largest absolute Gasteiger partial charge is 0.393 e. The lowest BCUT2D eigenvalue weighted by molar-refractivity contribution is -0.318. The molecule has 12 atom stereocenters. The maximum absolute atomic E-state index is 10.4. The number of aliphatic hydroxyl groups excluding tert-OH is 6. The molecule has 0 spiro atoms. The molecule has 1 aliphatic carbocycles. The Bertz CT molecular complexity index is 678. The van der Waals surface area contributed by atoms with Crippen LogP contribution in [0.3, 0.4) is 0 Å². The molecule has 35 heavy (non-hydrogen) atoms. The Morgan fingerprint density at radius 1 is 1.03 bits per heavy atom. The second-order valence-electron chi connectivity index (χ2n) is 11.4. The Morgan fingerprint density at radius 2 is 1.71 bits per heavy atom. The third kappa shape index (κ3) is 6.53. The topological polar surface area (TPSA) is 179 Å². The molecule has 206 valence electrons. The fourth-order valence-corrected chi connectivity index (χ4v) is 5.88. The van der Waals surface area contributed by atoms with Gasteiger partial charge in [-0.05, 0) is 49.9 Å². The number of ether oxygens (including phenoxy) is 4. The second-order valence-corrected chi connectivity index (χ2v) is 11.4. The molecule has 0 bridgehead atoms. The van der Waals surface area contributed by atoms with Gasteiger partial charge in [-0.2, -0.15) is 0 Å². The van der Waals surface area contributed by atoms with Gasteiger partial charge in [0, 0.05) is 0 Å². The fourth-order valence-electron chi connectivity index (χ4n) is 5.88. The van der Waals surface area contributed by atoms with E-state index < -0.39 is 55.3 Å². The van der Waals surface area contributed by atoms with E-state index in [1.165, 1.54) is 0 Å². The molecule has 3 fully saturated rings. The first-order valence-electron chi connectivity index (χ1n) is 12.6. The maximum atomic E-state index is 10.4. The summed E-state index contributed by atoms with van der Waals surface area (Å²) in [4.78, 5) is 0. The van der Waals surface area contributed by atoms with E-state index >= 15 is 0 Å². The molecule has 11 heteroatoms. The second kappa shape index (κ2) is 11.5. The molecule has 3 rings (SSSR count). The zero-order valence-corrected chi connectivity index (χ0v) is 21.1. The molecule has 0 radical (unpaired) electrons. The van der Waals surface area contributed by atoms with E-state index in [0.717, 1.165) is 19.3 Å². The highest BCUT2D eigenvalue weighted by molar-refractivity contribution is 4.95. The highest BCUT2D eigenvalue weighted by atomic mass is 16.7. The van der Waals surface area contributed by atoms with Gasteiger partial charge in [-0.1, -0.05) is 20.8 Å². The summed E-state index contributed by atoms with van der Waals surface area (Å²) in [5.41, 5.74) is -1.86. The van der Waals surface area contributed by atoms with Gasteiger partial charge in [0.25, 0.3) is 0 Å². The van der Waals surface area contributed by atoms with Crippen LogP contribution in [0, 0.1) is 17.3 Å². The van der Waals surface area contributed by atoms with Crippen molar-refractivity contribution in [2.24, 2.45) is 17.3 Å². The van der Waals surface area contributed by atoms with E-state index in [4.69, 9.17) is 18.9 Å². The highest BCUT2D eigenvalue weighted by Gasteiger charge is 2.50. The molecular weight excluding hydrogens is 464 g/mol. The van der Waals surface area contributed by atoms with E-state index in [1.807, 2.05) is 6.92 Å². The molecule has 3 aliphatic rings. The third-order valence-corrected chi connectivity index (χ3v) is 8.02. The molecule has 2 heterocycles. The predicted molar refractivity (Wildman–Crippen MR) is 122 cm³/mol. The zero-order chi connectivity index (χ0) is 26.1. The van der Waals surface area contributed by atoms with Crippen LogP contribution in [-0.4, -0.2) is 116 Å². The van der Waals surface area contributed by atoms with Crippen molar-refractivity contribution < 1.29 is 54.7 Å². The first kappa shape index (κ1) is 29.1. The van der Waals surface area contributed by atoms with Gasteiger partial charge in [-0.3, -0.25) is 0 Å². The lowest BCUT2D eigenvalue weighted by Crippen LogP contribution is -2.60. The molecule has 2 aliphatic heterocycles. The smallest absolute Gasteiger partial charge is 0.186 e. The quantitative estimate of drug-likeness (QED) is 0.200. The van der Waals surface area contributed by atoms with Crippen molar-refractivity contribution in [1.82, 2.24) is 0 Å². The fraction of sp³-hybridized carbons (Fsp3) is 1.00. The Hall–Kier alpha value is -0.440. The average molecular weight is 509 g/mol. The van der Waals surface area contributed by atoms with Gasteiger partial charge in [0.05, 0.1) is 32.0 Å². The van der Waals surface area contributed by atoms with Crippen LogP contribution in [0.4, 0.5) is 0 Å². The normalized spacial score (nSPS) is 47.1. The Kier molecular flexibility index (Phi) is 9.59. The number of hydrogen-bond donors (Lipinski definition) is 7. The molecular formula is C24H44O11. The summed E-state index contributed by atoms with van der Waals surface area (Å²) in [5, 5.41) is 70.6. The summed E-state index contributed by atoms with van der Waals surface area (Å²) in [6, 6.07) is 0. The van der Waals surface area contributed by atoms with Gasteiger partial charge in [-0.25, -0.2) is 0 Å². The molecule has 11 nitrogen and oxygen atoms in total. The lowest BCUT2D eigenvalue weighted by atomic mass is 9.61. The molecule has 0 aromatic rings. The van der Waals surface area contributed by atoms with Crippen LogP contribution in [0.1, 0.15) is 53.4 Å². The summed E-state index contributed by atoms with van der Waals surface area (Å²) >= 11 is 0. The van der Waals surface area contributed by atoms with Crippen LogP contribution in [-0.2, 0) is 18.9 Å². The van der Waals surface area contributed by atoms with Gasteiger partial charge < -0.3 is 54.7 Å². The summed E-state index contributed by atoms with van der Waals surface area (Å²) in [5.74, 6) is 0.769. The van der Waals surface area contributed by atoms with E-state index in [0.29, 0.717) is 18.3 Å². The Balaban J connectivity index is 1.53. The van der Waals surface area contributed by atoms with E-state index in [1.54, 1.807) is 0 Å². The predicted octanol–water partition coefficient (Wildman–Crippen LogP) is -1.13. The Morgan fingerprint density at radius 3 is 2.31 bits per heavy atom. The maximum Gasteiger partial charge on any atom is 0.186 e. The van der Waals surface area contributed by atoms with Crippen molar-refractivity contribution >= 4 is 0 Å². The van der Waals surface area contributed by atoms with Crippen LogP contribution in [0.5, 0.6) is 0 Å². The standard InChI is InChI=1S/C24H44O11/c1-12-7-14(26)8-23(3,4)15(12)6-5-13(2)34-21-19(29)18(28)17(27)16(35-21)9-32-22-20(30)24(31,10-25)11-33-22/h12-22,25-31H,5-11H2,1-4H3. The van der Waals surface area contributed by atoms with Crippen molar-refractivity contribution in [2.45, 2.75) is 114 Å². The number of aliphatic hydroxyl groups is 7. The van der Waals surface area contributed by atoms with Crippen LogP contribution < -0.4 is 0 Å². The minimum atomic E-state index is -1.85. The van der Waals surface area contributed by atoms with Crippen LogP contribution in [0.15, 0.2) is 0 Å². The molecule has 0 amide bonds. The molecule has 0 aromatic heterocycles. The molecule has 7 N–H and O–H groups in total. The van der Waals surface area contributed by atoms with Gasteiger partial charge in [0.15, 0.2) is 12.6 Å². The van der Waals surface area contributed by atoms with Crippen molar-refractivity contribution in [2.75, 3.05) is 19.8 Å². The average Bonchev–Trinajstić information content (AvgIpc) is 3.06. The van der Waals surface area contributed by atoms with Crippen molar-refractivity contribution in [3.63, 3.8) is 0 Å². The summed E-state index contributed by atoms with van der Waals surface area (Å²) in [6.07, 6.45) is -7.09. The van der Waals surface area contributed by atoms with Gasteiger partial charge in [-0.15, -0.1) is 0 Å². The molecule has 0 aromatic carbocycles. The van der Waals surface area contributed by atoms with E-state index in [-0.39, 0.29) is 30.8 Å². The number of rotatable bonds is 9. The van der Waals surface area contributed by atoms with Crippen molar-refractivity contribution in [3.05, 3.63) is 0 Å². The van der Waals surface area contributed by atoms with Crippen molar-refractivity contribution in [1.29, 1.82) is 0 Å². The summed E-state index contributed by atoms with van der Waals surface area (Å²) in [7, 11) is 0. The van der Waals surface area contributed by atoms with Gasteiger partial charge in [0.1, 0.15) is 36.1 Å². The van der Waals surface area contributed by atoms with Gasteiger partial charge >= 0.3 is 0 Å². The molecule has 2 saturated heterocycles. The first-order chi connectivity index (χ1) is 16.3. The van der Waals surface area contributed by atoms with Crippen LogP contribution in [0.2, 0.25) is 0 Å². The third-order valence-electron chi connectivity index (χ3n) is 8.02. The molecule has 12 unspecified atom stereocenters. The lowest BCUT2D eigenvalue weighted by Gasteiger charge is -2.45. The van der Waals surface area contributed by atoms with Crippen molar-refractivity contribution in [3.8, 4) is 0 Å². The number of hydrogen-bond acceptors (Lipinski definition) is 11. The Labute approximate surface area is 206 Å². The summed E-state index contributed by atoms with van der Waals surface area (Å²) < 4.78 is 22.2. The minimum Gasteiger partial charge on any atom is -0.393 e. The zero-order valence-electron chi connectivity index (χ0n) is 21.1. The highest BCUT2D eigenvalue weighted by Crippen LogP contribution is 2.46. The molecule has 1 saturated carbocycles. The van der Waals surface area contributed by atoms with E-state index in [9.17, 15) is 35.7 Å². The minimum absolute atomic E-state index is 0.00451. The summed E-state index contributed by atoms with van der Waals surface area (Å²) in [6.45, 7) is 6.99. The van der Waals surface area contributed by atoms with Crippen LogP contribution in [0.25, 0.3) is 0 Å². The van der Waals surface area contributed by atoms with Crippen LogP contribution >= 0.6 is 0 Å². The van der Waals surface area contributed by atoms with Gasteiger partial charge in [0.2, 0.25) is 0 Å². The SMILES string of the molecule is CC(CCC1C(C)CC(O)CC1(C)C)OC1OC(COC2OCC(O)(CO)C2O)C(O)C(O)C1O. The van der Waals surface area contributed by atoms with E-state index in [2.05, 4.69) is 20.8 Å².